The van der Waals surface area contributed by atoms with Crippen LogP contribution in [0.2, 0.25) is 0 Å². The third kappa shape index (κ3) is 4.08. The Morgan fingerprint density at radius 1 is 1.53 bits per heavy atom. The fraction of sp³-hybridized carbons (Fsp3) is 0.909. The number of carbonyl (C=O) groups is 1. The Labute approximate surface area is 118 Å². The standard InChI is InChI=1S/C11H21NO5S2/c1-8(2)10-12(9(7-18-10)11(13)14)19(15,16)6-4-5-17-3/h8-10H,4-7H2,1-3H3,(H,13,14). The van der Waals surface area contributed by atoms with Crippen LogP contribution in [0.4, 0.5) is 0 Å². The van der Waals surface area contributed by atoms with Crippen LogP contribution in [0.3, 0.4) is 0 Å². The van der Waals surface area contributed by atoms with Gasteiger partial charge in [-0.15, -0.1) is 11.8 Å². The average Bonchev–Trinajstić information content (AvgIpc) is 2.74. The number of ether oxygens (including phenoxy) is 1. The van der Waals surface area contributed by atoms with Gasteiger partial charge in [0.25, 0.3) is 0 Å². The molecule has 1 heterocycles. The monoisotopic (exact) mass is 311 g/mol. The minimum atomic E-state index is -3.57. The lowest BCUT2D eigenvalue weighted by Gasteiger charge is -2.28. The Kier molecular flexibility index (Phi) is 6.10. The molecule has 0 aromatic carbocycles. The molecule has 1 aliphatic heterocycles. The largest absolute Gasteiger partial charge is 0.480 e. The highest BCUT2D eigenvalue weighted by Gasteiger charge is 2.46. The van der Waals surface area contributed by atoms with Gasteiger partial charge >= 0.3 is 5.97 Å². The van der Waals surface area contributed by atoms with Crippen molar-refractivity contribution in [1.29, 1.82) is 0 Å². The highest BCUT2D eigenvalue weighted by atomic mass is 32.2. The number of carboxylic acids is 1. The highest BCUT2D eigenvalue weighted by molar-refractivity contribution is 8.01. The van der Waals surface area contributed by atoms with Crippen LogP contribution >= 0.6 is 11.8 Å². The second-order valence-corrected chi connectivity index (χ2v) is 7.96. The number of methoxy groups -OCH3 is 1. The van der Waals surface area contributed by atoms with Gasteiger partial charge in [0, 0.05) is 19.5 Å². The fourth-order valence-electron chi connectivity index (χ4n) is 2.02. The Hall–Kier alpha value is -0.310. The second kappa shape index (κ2) is 6.92. The van der Waals surface area contributed by atoms with Crippen molar-refractivity contribution in [2.24, 2.45) is 5.92 Å². The molecule has 0 aromatic rings. The number of hydrogen-bond donors (Lipinski definition) is 1. The van der Waals surface area contributed by atoms with Crippen molar-refractivity contribution in [1.82, 2.24) is 4.31 Å². The molecule has 6 nitrogen and oxygen atoms in total. The third-order valence-electron chi connectivity index (χ3n) is 2.91. The zero-order valence-corrected chi connectivity index (χ0v) is 13.0. The highest BCUT2D eigenvalue weighted by Crippen LogP contribution is 2.36. The van der Waals surface area contributed by atoms with Crippen molar-refractivity contribution in [2.45, 2.75) is 31.7 Å². The van der Waals surface area contributed by atoms with Gasteiger partial charge in [0.1, 0.15) is 6.04 Å². The topological polar surface area (TPSA) is 83.9 Å². The van der Waals surface area contributed by atoms with Crippen molar-refractivity contribution in [3.63, 3.8) is 0 Å². The molecule has 8 heteroatoms. The molecule has 1 aliphatic rings. The molecular weight excluding hydrogens is 290 g/mol. The minimum absolute atomic E-state index is 0.0750. The molecule has 0 amide bonds. The summed E-state index contributed by atoms with van der Waals surface area (Å²) in [6.45, 7) is 4.16. The normalized spacial score (nSPS) is 25.1. The van der Waals surface area contributed by atoms with E-state index in [1.807, 2.05) is 13.8 Å². The molecule has 19 heavy (non-hydrogen) atoms. The maximum Gasteiger partial charge on any atom is 0.322 e. The maximum absolute atomic E-state index is 12.3. The molecule has 2 atom stereocenters. The van der Waals surface area contributed by atoms with Gasteiger partial charge in [-0.2, -0.15) is 4.31 Å². The summed E-state index contributed by atoms with van der Waals surface area (Å²) >= 11 is 1.40. The summed E-state index contributed by atoms with van der Waals surface area (Å²) in [5.41, 5.74) is 0. The van der Waals surface area contributed by atoms with E-state index in [4.69, 9.17) is 4.74 Å². The molecule has 1 rings (SSSR count). The first kappa shape index (κ1) is 16.7. The van der Waals surface area contributed by atoms with Gasteiger partial charge in [-0.3, -0.25) is 4.79 Å². The summed E-state index contributed by atoms with van der Waals surface area (Å²) in [7, 11) is -2.06. The molecular formula is C11H21NO5S2. The number of hydrogen-bond acceptors (Lipinski definition) is 5. The first-order chi connectivity index (χ1) is 8.81. The van der Waals surface area contributed by atoms with Crippen LogP contribution in [0, 0.1) is 5.92 Å². The molecule has 0 radical (unpaired) electrons. The van der Waals surface area contributed by atoms with Crippen LogP contribution in [0.15, 0.2) is 0 Å². The van der Waals surface area contributed by atoms with E-state index in [2.05, 4.69) is 0 Å². The molecule has 1 N–H and O–H groups in total. The second-order valence-electron chi connectivity index (χ2n) is 4.81. The zero-order valence-electron chi connectivity index (χ0n) is 11.4. The van der Waals surface area contributed by atoms with Crippen LogP contribution in [0.25, 0.3) is 0 Å². The molecule has 0 bridgehead atoms. The summed E-state index contributed by atoms with van der Waals surface area (Å²) < 4.78 is 30.7. The maximum atomic E-state index is 12.3. The number of aliphatic carboxylic acids is 1. The van der Waals surface area contributed by atoms with E-state index in [1.54, 1.807) is 0 Å². The molecule has 1 fully saturated rings. The number of sulfonamides is 1. The van der Waals surface area contributed by atoms with E-state index in [-0.39, 0.29) is 17.0 Å². The predicted molar refractivity (Wildman–Crippen MR) is 74.6 cm³/mol. The van der Waals surface area contributed by atoms with Crippen molar-refractivity contribution in [3.05, 3.63) is 0 Å². The van der Waals surface area contributed by atoms with Crippen LogP contribution < -0.4 is 0 Å². The van der Waals surface area contributed by atoms with E-state index >= 15 is 0 Å². The Morgan fingerprint density at radius 2 is 2.16 bits per heavy atom. The molecule has 0 aliphatic carbocycles. The van der Waals surface area contributed by atoms with Gasteiger partial charge in [-0.1, -0.05) is 13.8 Å². The molecule has 0 spiro atoms. The number of thioether (sulfide) groups is 1. The third-order valence-corrected chi connectivity index (χ3v) is 6.59. The van der Waals surface area contributed by atoms with Gasteiger partial charge in [-0.25, -0.2) is 8.42 Å². The Bertz CT molecular complexity index is 409. The van der Waals surface area contributed by atoms with Crippen LogP contribution in [0.1, 0.15) is 20.3 Å². The van der Waals surface area contributed by atoms with Crippen LogP contribution in [0.5, 0.6) is 0 Å². The zero-order chi connectivity index (χ0) is 14.6. The lowest BCUT2D eigenvalue weighted by molar-refractivity contribution is -0.140. The number of rotatable bonds is 7. The summed E-state index contributed by atoms with van der Waals surface area (Å²) in [6.07, 6.45) is 0.372. The fourth-order valence-corrected chi connectivity index (χ4v) is 5.86. The smallest absolute Gasteiger partial charge is 0.322 e. The van der Waals surface area contributed by atoms with Gasteiger partial charge in [0.15, 0.2) is 0 Å². The molecule has 0 aromatic heterocycles. The first-order valence-electron chi connectivity index (χ1n) is 6.15. The van der Waals surface area contributed by atoms with Crippen molar-refractivity contribution >= 4 is 27.8 Å². The summed E-state index contributed by atoms with van der Waals surface area (Å²) in [4.78, 5) is 11.2. The van der Waals surface area contributed by atoms with E-state index < -0.39 is 22.0 Å². The Balaban J connectivity index is 2.91. The molecule has 0 saturated carbocycles. The quantitative estimate of drug-likeness (QED) is 0.701. The van der Waals surface area contributed by atoms with Crippen molar-refractivity contribution in [3.8, 4) is 0 Å². The van der Waals surface area contributed by atoms with Gasteiger partial charge in [-0.05, 0) is 12.3 Å². The molecule has 112 valence electrons. The number of carboxylic acid groups (broad SMARTS) is 1. The summed E-state index contributed by atoms with van der Waals surface area (Å²) in [5, 5.41) is 8.88. The minimum Gasteiger partial charge on any atom is -0.480 e. The van der Waals surface area contributed by atoms with Crippen molar-refractivity contribution < 1.29 is 23.1 Å². The van der Waals surface area contributed by atoms with E-state index in [0.717, 1.165) is 0 Å². The van der Waals surface area contributed by atoms with Gasteiger partial charge in [0.2, 0.25) is 10.0 Å². The molecule has 1 saturated heterocycles. The SMILES string of the molecule is COCCCS(=O)(=O)N1C(C(=O)O)CSC1C(C)C. The van der Waals surface area contributed by atoms with E-state index in [0.29, 0.717) is 18.8 Å². The summed E-state index contributed by atoms with van der Waals surface area (Å²) in [6, 6.07) is -0.954. The summed E-state index contributed by atoms with van der Waals surface area (Å²) in [5.74, 6) is -0.770. The number of nitrogens with zero attached hydrogens (tertiary/aromatic N) is 1. The molecule has 2 unspecified atom stereocenters. The van der Waals surface area contributed by atoms with Crippen LogP contribution in [-0.4, -0.2) is 60.4 Å². The first-order valence-corrected chi connectivity index (χ1v) is 8.81. The van der Waals surface area contributed by atoms with Gasteiger partial charge < -0.3 is 9.84 Å². The lowest BCUT2D eigenvalue weighted by atomic mass is 10.2. The average molecular weight is 311 g/mol. The van der Waals surface area contributed by atoms with E-state index in [9.17, 15) is 18.3 Å². The van der Waals surface area contributed by atoms with Crippen LogP contribution in [-0.2, 0) is 19.6 Å². The van der Waals surface area contributed by atoms with Crippen molar-refractivity contribution in [2.75, 3.05) is 25.2 Å². The van der Waals surface area contributed by atoms with Gasteiger partial charge in [0.05, 0.1) is 11.1 Å². The Morgan fingerprint density at radius 3 is 2.63 bits per heavy atom. The lowest BCUT2D eigenvalue weighted by Crippen LogP contribution is -2.48. The predicted octanol–water partition coefficient (Wildman–Crippen LogP) is 0.837. The van der Waals surface area contributed by atoms with E-state index in [1.165, 1.54) is 23.2 Å².